The van der Waals surface area contributed by atoms with Crippen molar-refractivity contribution >= 4 is 17.9 Å². The molecule has 0 amide bonds. The SMILES string of the molecule is COc1cc(C=Nc2cccc(C#N)c2)ccc1OC(C)=O. The molecule has 2 aromatic carbocycles. The van der Waals surface area contributed by atoms with Crippen LogP contribution in [0.25, 0.3) is 0 Å². The molecule has 0 unspecified atom stereocenters. The molecule has 0 aliphatic heterocycles. The van der Waals surface area contributed by atoms with E-state index in [9.17, 15) is 4.79 Å². The lowest BCUT2D eigenvalue weighted by atomic mass is 10.2. The van der Waals surface area contributed by atoms with E-state index in [4.69, 9.17) is 14.7 Å². The van der Waals surface area contributed by atoms with Crippen LogP contribution in [0.4, 0.5) is 5.69 Å². The number of nitriles is 1. The number of benzene rings is 2. The molecule has 0 N–H and O–H groups in total. The summed E-state index contributed by atoms with van der Waals surface area (Å²) >= 11 is 0. The molecular formula is C17H14N2O3. The minimum atomic E-state index is -0.409. The van der Waals surface area contributed by atoms with Crippen LogP contribution in [0, 0.1) is 11.3 Å². The van der Waals surface area contributed by atoms with Crippen molar-refractivity contribution in [2.24, 2.45) is 4.99 Å². The third-order valence-corrected chi connectivity index (χ3v) is 2.78. The molecule has 0 aliphatic carbocycles. The van der Waals surface area contributed by atoms with Crippen molar-refractivity contribution < 1.29 is 14.3 Å². The molecular weight excluding hydrogens is 280 g/mol. The molecule has 0 atom stereocenters. The van der Waals surface area contributed by atoms with E-state index in [-0.39, 0.29) is 0 Å². The van der Waals surface area contributed by atoms with Gasteiger partial charge in [0.15, 0.2) is 11.5 Å². The van der Waals surface area contributed by atoms with Gasteiger partial charge in [-0.1, -0.05) is 6.07 Å². The highest BCUT2D eigenvalue weighted by Gasteiger charge is 2.07. The number of methoxy groups -OCH3 is 1. The summed E-state index contributed by atoms with van der Waals surface area (Å²) in [6.45, 7) is 1.33. The first-order chi connectivity index (χ1) is 10.6. The molecule has 5 nitrogen and oxygen atoms in total. The smallest absolute Gasteiger partial charge is 0.308 e. The number of nitrogens with zero attached hydrogens (tertiary/aromatic N) is 2. The second-order valence-corrected chi connectivity index (χ2v) is 4.42. The van der Waals surface area contributed by atoms with Gasteiger partial charge in [0.1, 0.15) is 0 Å². The molecule has 5 heteroatoms. The van der Waals surface area contributed by atoms with Gasteiger partial charge in [-0.05, 0) is 42.0 Å². The molecule has 0 radical (unpaired) electrons. The van der Waals surface area contributed by atoms with Gasteiger partial charge in [0.2, 0.25) is 0 Å². The summed E-state index contributed by atoms with van der Waals surface area (Å²) < 4.78 is 10.2. The fourth-order valence-electron chi connectivity index (χ4n) is 1.81. The van der Waals surface area contributed by atoms with E-state index in [2.05, 4.69) is 11.1 Å². The zero-order chi connectivity index (χ0) is 15.9. The number of esters is 1. The molecule has 2 aromatic rings. The molecule has 0 saturated heterocycles. The van der Waals surface area contributed by atoms with E-state index < -0.39 is 5.97 Å². The zero-order valence-electron chi connectivity index (χ0n) is 12.2. The van der Waals surface area contributed by atoms with Gasteiger partial charge in [-0.2, -0.15) is 5.26 Å². The van der Waals surface area contributed by atoms with Crippen LogP contribution in [-0.4, -0.2) is 19.3 Å². The van der Waals surface area contributed by atoms with Crippen molar-refractivity contribution in [1.82, 2.24) is 0 Å². The second kappa shape index (κ2) is 7.04. The van der Waals surface area contributed by atoms with Gasteiger partial charge in [0.05, 0.1) is 24.4 Å². The fourth-order valence-corrected chi connectivity index (χ4v) is 1.81. The van der Waals surface area contributed by atoms with Gasteiger partial charge in [0, 0.05) is 13.1 Å². The summed E-state index contributed by atoms with van der Waals surface area (Å²) in [6.07, 6.45) is 1.65. The van der Waals surface area contributed by atoms with Gasteiger partial charge < -0.3 is 9.47 Å². The minimum absolute atomic E-state index is 0.360. The van der Waals surface area contributed by atoms with E-state index in [0.717, 1.165) is 5.56 Å². The molecule has 0 heterocycles. The second-order valence-electron chi connectivity index (χ2n) is 4.42. The topological polar surface area (TPSA) is 71.7 Å². The number of aliphatic imine (C=N–C) groups is 1. The van der Waals surface area contributed by atoms with Crippen LogP contribution in [-0.2, 0) is 4.79 Å². The van der Waals surface area contributed by atoms with E-state index in [1.807, 2.05) is 6.07 Å². The van der Waals surface area contributed by atoms with Gasteiger partial charge in [-0.15, -0.1) is 0 Å². The Labute approximate surface area is 128 Å². The molecule has 2 rings (SSSR count). The molecule has 0 saturated carbocycles. The van der Waals surface area contributed by atoms with Crippen molar-refractivity contribution in [3.8, 4) is 17.6 Å². The maximum absolute atomic E-state index is 11.0. The monoisotopic (exact) mass is 294 g/mol. The third-order valence-electron chi connectivity index (χ3n) is 2.78. The first kappa shape index (κ1) is 15.3. The lowest BCUT2D eigenvalue weighted by Gasteiger charge is -2.08. The summed E-state index contributed by atoms with van der Waals surface area (Å²) in [5.74, 6) is 0.400. The fraction of sp³-hybridized carbons (Fsp3) is 0.118. The number of hydrogen-bond acceptors (Lipinski definition) is 5. The first-order valence-corrected chi connectivity index (χ1v) is 6.53. The Morgan fingerprint density at radius 2 is 2.05 bits per heavy atom. The Kier molecular flexibility index (Phi) is 4.89. The number of carbonyl (C=O) groups is 1. The summed E-state index contributed by atoms with van der Waals surface area (Å²) in [4.78, 5) is 15.3. The van der Waals surface area contributed by atoms with E-state index in [1.54, 1.807) is 42.6 Å². The highest BCUT2D eigenvalue weighted by molar-refractivity contribution is 5.83. The maximum atomic E-state index is 11.0. The van der Waals surface area contributed by atoms with Gasteiger partial charge >= 0.3 is 5.97 Å². The van der Waals surface area contributed by atoms with Crippen molar-refractivity contribution in [3.05, 3.63) is 53.6 Å². The number of rotatable bonds is 4. The van der Waals surface area contributed by atoms with E-state index >= 15 is 0 Å². The van der Waals surface area contributed by atoms with Crippen molar-refractivity contribution in [3.63, 3.8) is 0 Å². The average Bonchev–Trinajstić information content (AvgIpc) is 2.53. The number of ether oxygens (including phenoxy) is 2. The predicted molar refractivity (Wildman–Crippen MR) is 82.7 cm³/mol. The molecule has 0 aromatic heterocycles. The zero-order valence-corrected chi connectivity index (χ0v) is 12.2. The van der Waals surface area contributed by atoms with Crippen molar-refractivity contribution in [2.45, 2.75) is 6.92 Å². The minimum Gasteiger partial charge on any atom is -0.493 e. The highest BCUT2D eigenvalue weighted by Crippen LogP contribution is 2.28. The van der Waals surface area contributed by atoms with E-state index in [0.29, 0.717) is 22.7 Å². The van der Waals surface area contributed by atoms with Crippen LogP contribution >= 0.6 is 0 Å². The lowest BCUT2D eigenvalue weighted by molar-refractivity contribution is -0.132. The van der Waals surface area contributed by atoms with Gasteiger partial charge in [-0.3, -0.25) is 9.79 Å². The third kappa shape index (κ3) is 3.93. The predicted octanol–water partition coefficient (Wildman–Crippen LogP) is 3.24. The quantitative estimate of drug-likeness (QED) is 0.493. The van der Waals surface area contributed by atoms with Crippen molar-refractivity contribution in [2.75, 3.05) is 7.11 Å². The Morgan fingerprint density at radius 1 is 1.23 bits per heavy atom. The summed E-state index contributed by atoms with van der Waals surface area (Å²) in [6, 6.07) is 14.2. The summed E-state index contributed by atoms with van der Waals surface area (Å²) in [5.41, 5.74) is 2.02. The lowest BCUT2D eigenvalue weighted by Crippen LogP contribution is -2.03. The van der Waals surface area contributed by atoms with E-state index in [1.165, 1.54) is 14.0 Å². The Hall–Kier alpha value is -3.13. The number of hydrogen-bond donors (Lipinski definition) is 0. The normalized spacial score (nSPS) is 10.2. The van der Waals surface area contributed by atoms with Gasteiger partial charge in [0.25, 0.3) is 0 Å². The molecule has 0 aliphatic rings. The molecule has 110 valence electrons. The summed E-state index contributed by atoms with van der Waals surface area (Å²) in [5, 5.41) is 8.86. The average molecular weight is 294 g/mol. The summed E-state index contributed by atoms with van der Waals surface area (Å²) in [7, 11) is 1.50. The van der Waals surface area contributed by atoms with Crippen LogP contribution in [0.5, 0.6) is 11.5 Å². The first-order valence-electron chi connectivity index (χ1n) is 6.53. The molecule has 22 heavy (non-hydrogen) atoms. The van der Waals surface area contributed by atoms with Crippen LogP contribution in [0.15, 0.2) is 47.5 Å². The van der Waals surface area contributed by atoms with Gasteiger partial charge in [-0.25, -0.2) is 0 Å². The Balaban J connectivity index is 2.24. The highest BCUT2D eigenvalue weighted by atomic mass is 16.6. The number of carbonyl (C=O) groups excluding carboxylic acids is 1. The molecule has 0 spiro atoms. The van der Waals surface area contributed by atoms with Crippen LogP contribution in [0.3, 0.4) is 0 Å². The molecule has 0 fully saturated rings. The Bertz CT molecular complexity index is 761. The van der Waals surface area contributed by atoms with Crippen LogP contribution < -0.4 is 9.47 Å². The molecule has 0 bridgehead atoms. The largest absolute Gasteiger partial charge is 0.493 e. The van der Waals surface area contributed by atoms with Crippen molar-refractivity contribution in [1.29, 1.82) is 5.26 Å². The Morgan fingerprint density at radius 3 is 2.73 bits per heavy atom. The van der Waals surface area contributed by atoms with Crippen LogP contribution in [0.1, 0.15) is 18.1 Å². The maximum Gasteiger partial charge on any atom is 0.308 e. The standard InChI is InChI=1S/C17H14N2O3/c1-12(20)22-16-7-6-14(9-17(16)21-2)11-19-15-5-3-4-13(8-15)10-18/h3-9,11H,1-2H3. The van der Waals surface area contributed by atoms with Crippen LogP contribution in [0.2, 0.25) is 0 Å².